The number of H-pyrrole nitrogens is 1. The van der Waals surface area contributed by atoms with Crippen LogP contribution in [0, 0.1) is 12.7 Å². The summed E-state index contributed by atoms with van der Waals surface area (Å²) >= 11 is 0. The summed E-state index contributed by atoms with van der Waals surface area (Å²) in [5, 5.41) is 4.16. The third kappa shape index (κ3) is 2.24. The molecule has 0 fully saturated rings. The smallest absolute Gasteiger partial charge is 0.156 e. The van der Waals surface area contributed by atoms with Gasteiger partial charge in [-0.05, 0) is 37.1 Å². The van der Waals surface area contributed by atoms with Gasteiger partial charge in [0.05, 0.1) is 11.1 Å². The number of aryl methyl sites for hydroxylation is 1. The average molecular weight is 338 g/mol. The first kappa shape index (κ1) is 15.7. The SMILES string of the molecule is CC(=O)[C@]1(c2cccc(F)c2C)Cc2nc(-c3ccnn3C)[nH]c2C1. The summed E-state index contributed by atoms with van der Waals surface area (Å²) in [6.07, 6.45) is 2.71. The second-order valence-corrected chi connectivity index (χ2v) is 6.75. The maximum Gasteiger partial charge on any atom is 0.156 e. The number of benzene rings is 1. The Morgan fingerprint density at radius 2 is 2.12 bits per heavy atom. The van der Waals surface area contributed by atoms with Gasteiger partial charge in [0.1, 0.15) is 17.3 Å². The minimum absolute atomic E-state index is 0.0367. The third-order valence-electron chi connectivity index (χ3n) is 5.33. The Balaban J connectivity index is 1.77. The van der Waals surface area contributed by atoms with Crippen LogP contribution >= 0.6 is 0 Å². The molecule has 1 N–H and O–H groups in total. The predicted octanol–water partition coefficient (Wildman–Crippen LogP) is 2.88. The molecule has 3 aromatic rings. The maximum absolute atomic E-state index is 14.1. The molecule has 0 aliphatic heterocycles. The lowest BCUT2D eigenvalue weighted by Crippen LogP contribution is -2.36. The number of halogens is 1. The van der Waals surface area contributed by atoms with Gasteiger partial charge in [0, 0.05) is 31.8 Å². The van der Waals surface area contributed by atoms with Gasteiger partial charge in [-0.1, -0.05) is 12.1 Å². The van der Waals surface area contributed by atoms with E-state index in [2.05, 4.69) is 15.1 Å². The number of nitrogens with zero attached hydrogens (tertiary/aromatic N) is 3. The standard InChI is InChI=1S/C19H19FN4O/c1-11-13(5-4-6-14(11)20)19(12(2)25)9-15-16(10-19)23-18(22-15)17-7-8-21-24(17)3/h4-8H,9-10H2,1-3H3,(H,22,23). The molecule has 25 heavy (non-hydrogen) atoms. The van der Waals surface area contributed by atoms with Gasteiger partial charge in [-0.3, -0.25) is 9.48 Å². The van der Waals surface area contributed by atoms with Crippen molar-refractivity contribution in [3.05, 3.63) is 58.8 Å². The van der Waals surface area contributed by atoms with Crippen LogP contribution in [-0.4, -0.2) is 25.5 Å². The van der Waals surface area contributed by atoms with E-state index in [4.69, 9.17) is 0 Å². The van der Waals surface area contributed by atoms with Crippen LogP contribution in [0.5, 0.6) is 0 Å². The number of hydrogen-bond donors (Lipinski definition) is 1. The monoisotopic (exact) mass is 338 g/mol. The summed E-state index contributed by atoms with van der Waals surface area (Å²) in [5.41, 5.74) is 3.25. The second-order valence-electron chi connectivity index (χ2n) is 6.75. The fourth-order valence-electron chi connectivity index (χ4n) is 3.87. The topological polar surface area (TPSA) is 63.6 Å². The third-order valence-corrected chi connectivity index (χ3v) is 5.33. The molecular weight excluding hydrogens is 319 g/mol. The molecule has 0 spiro atoms. The number of carbonyl (C=O) groups is 1. The summed E-state index contributed by atoms with van der Waals surface area (Å²) in [6, 6.07) is 6.85. The minimum Gasteiger partial charge on any atom is -0.340 e. The second kappa shape index (κ2) is 5.37. The summed E-state index contributed by atoms with van der Waals surface area (Å²) in [7, 11) is 1.86. The lowest BCUT2D eigenvalue weighted by Gasteiger charge is -2.28. The van der Waals surface area contributed by atoms with Gasteiger partial charge in [0.25, 0.3) is 0 Å². The van der Waals surface area contributed by atoms with E-state index in [9.17, 15) is 9.18 Å². The highest BCUT2D eigenvalue weighted by Crippen LogP contribution is 2.42. The van der Waals surface area contributed by atoms with Gasteiger partial charge >= 0.3 is 0 Å². The van der Waals surface area contributed by atoms with E-state index in [1.54, 1.807) is 30.8 Å². The predicted molar refractivity (Wildman–Crippen MR) is 91.7 cm³/mol. The Bertz CT molecular complexity index is 962. The number of aromatic nitrogens is 4. The molecule has 0 amide bonds. The highest BCUT2D eigenvalue weighted by molar-refractivity contribution is 5.90. The molecule has 1 atom stereocenters. The van der Waals surface area contributed by atoms with Crippen LogP contribution in [0.15, 0.2) is 30.5 Å². The van der Waals surface area contributed by atoms with Crippen LogP contribution in [-0.2, 0) is 30.1 Å². The Kier molecular flexibility index (Phi) is 3.39. The summed E-state index contributed by atoms with van der Waals surface area (Å²) in [5.74, 6) is 0.505. The lowest BCUT2D eigenvalue weighted by molar-refractivity contribution is -0.122. The van der Waals surface area contributed by atoms with Gasteiger partial charge < -0.3 is 4.98 Å². The highest BCUT2D eigenvalue weighted by atomic mass is 19.1. The minimum atomic E-state index is -0.745. The molecule has 1 aromatic carbocycles. The van der Waals surface area contributed by atoms with Crippen molar-refractivity contribution in [3.63, 3.8) is 0 Å². The molecule has 2 aromatic heterocycles. The van der Waals surface area contributed by atoms with Crippen LogP contribution in [0.4, 0.5) is 4.39 Å². The summed E-state index contributed by atoms with van der Waals surface area (Å²) in [6.45, 7) is 3.31. The molecular formula is C19H19FN4O. The Morgan fingerprint density at radius 1 is 1.32 bits per heavy atom. The van der Waals surface area contributed by atoms with E-state index in [-0.39, 0.29) is 11.6 Å². The van der Waals surface area contributed by atoms with Crippen molar-refractivity contribution >= 4 is 5.78 Å². The van der Waals surface area contributed by atoms with Crippen molar-refractivity contribution in [2.45, 2.75) is 32.1 Å². The fraction of sp³-hybridized carbons (Fsp3) is 0.316. The number of ketones is 1. The first-order chi connectivity index (χ1) is 11.9. The zero-order valence-electron chi connectivity index (χ0n) is 14.4. The molecule has 128 valence electrons. The number of Topliss-reactive ketones (excluding diaryl/α,β-unsaturated/α-hetero) is 1. The largest absolute Gasteiger partial charge is 0.340 e. The van der Waals surface area contributed by atoms with Gasteiger partial charge in [-0.15, -0.1) is 0 Å². The van der Waals surface area contributed by atoms with Gasteiger partial charge in [0.15, 0.2) is 5.82 Å². The zero-order chi connectivity index (χ0) is 17.8. The molecule has 0 unspecified atom stereocenters. The quantitative estimate of drug-likeness (QED) is 0.799. The van der Waals surface area contributed by atoms with E-state index in [1.807, 2.05) is 19.2 Å². The van der Waals surface area contributed by atoms with E-state index in [0.717, 1.165) is 28.5 Å². The van der Waals surface area contributed by atoms with E-state index >= 15 is 0 Å². The van der Waals surface area contributed by atoms with Crippen LogP contribution in [0.25, 0.3) is 11.5 Å². The molecule has 6 heteroatoms. The first-order valence-electron chi connectivity index (χ1n) is 8.25. The molecule has 0 radical (unpaired) electrons. The maximum atomic E-state index is 14.1. The van der Waals surface area contributed by atoms with Crippen molar-refractivity contribution in [2.75, 3.05) is 0 Å². The molecule has 0 saturated heterocycles. The Morgan fingerprint density at radius 3 is 2.76 bits per heavy atom. The van der Waals surface area contributed by atoms with Crippen LogP contribution < -0.4 is 0 Å². The van der Waals surface area contributed by atoms with Crippen LogP contribution in [0.3, 0.4) is 0 Å². The summed E-state index contributed by atoms with van der Waals surface area (Å²) < 4.78 is 15.8. The fourth-order valence-corrected chi connectivity index (χ4v) is 3.87. The van der Waals surface area contributed by atoms with Gasteiger partial charge in [-0.25, -0.2) is 9.37 Å². The summed E-state index contributed by atoms with van der Waals surface area (Å²) in [4.78, 5) is 20.6. The Hall–Kier alpha value is -2.76. The lowest BCUT2D eigenvalue weighted by atomic mass is 9.73. The first-order valence-corrected chi connectivity index (χ1v) is 8.25. The number of rotatable bonds is 3. The molecule has 0 bridgehead atoms. The van der Waals surface area contributed by atoms with Crippen molar-refractivity contribution in [1.29, 1.82) is 0 Å². The van der Waals surface area contributed by atoms with Crippen molar-refractivity contribution in [2.24, 2.45) is 7.05 Å². The number of nitrogens with one attached hydrogen (secondary N) is 1. The van der Waals surface area contributed by atoms with Gasteiger partial charge in [-0.2, -0.15) is 5.10 Å². The number of hydrogen-bond acceptors (Lipinski definition) is 3. The zero-order valence-corrected chi connectivity index (χ0v) is 14.4. The van der Waals surface area contributed by atoms with Crippen LogP contribution in [0.2, 0.25) is 0 Å². The molecule has 0 saturated carbocycles. The Labute approximate surface area is 144 Å². The number of aromatic amines is 1. The highest BCUT2D eigenvalue weighted by Gasteiger charge is 2.46. The molecule has 5 nitrogen and oxygen atoms in total. The van der Waals surface area contributed by atoms with Crippen LogP contribution in [0.1, 0.15) is 29.4 Å². The number of fused-ring (bicyclic) bond motifs is 1. The van der Waals surface area contributed by atoms with Gasteiger partial charge in [0.2, 0.25) is 0 Å². The number of carbonyl (C=O) groups excluding carboxylic acids is 1. The number of imidazole rings is 1. The van der Waals surface area contributed by atoms with E-state index < -0.39 is 5.41 Å². The molecule has 1 aliphatic rings. The normalized spacial score (nSPS) is 15.4. The van der Waals surface area contributed by atoms with Crippen molar-refractivity contribution < 1.29 is 9.18 Å². The molecule has 2 heterocycles. The average Bonchev–Trinajstić information content (AvgIpc) is 3.22. The van der Waals surface area contributed by atoms with E-state index in [1.165, 1.54) is 6.07 Å². The van der Waals surface area contributed by atoms with Crippen molar-refractivity contribution in [1.82, 2.24) is 19.7 Å². The van der Waals surface area contributed by atoms with Crippen molar-refractivity contribution in [3.8, 4) is 11.5 Å². The van der Waals surface area contributed by atoms with E-state index in [0.29, 0.717) is 18.4 Å². The molecule has 4 rings (SSSR count). The molecule has 1 aliphatic carbocycles.